The van der Waals surface area contributed by atoms with Crippen LogP contribution < -0.4 is 5.73 Å². The second kappa shape index (κ2) is 5.56. The number of nitrogens with two attached hydrogens (primary N) is 1. The summed E-state index contributed by atoms with van der Waals surface area (Å²) in [4.78, 5) is 10.7. The maximum atomic E-state index is 10.7. The molecule has 0 aliphatic rings. The molecule has 0 aromatic rings. The molecule has 2 N–H and O–H groups in total. The van der Waals surface area contributed by atoms with Crippen molar-refractivity contribution in [3.63, 3.8) is 0 Å². The third-order valence-electron chi connectivity index (χ3n) is 1.19. The highest BCUT2D eigenvalue weighted by molar-refractivity contribution is 5.82. The van der Waals surface area contributed by atoms with Crippen LogP contribution in [0.3, 0.4) is 0 Å². The molecule has 0 heterocycles. The highest BCUT2D eigenvalue weighted by Gasteiger charge is 2.09. The lowest BCUT2D eigenvalue weighted by Crippen LogP contribution is -2.23. The standard InChI is InChI=1S/C7H13NO4/c1-10-6(9)4-5(8)7(11-2)12-3/h4,7H,8H2,1-3H3/b5-4-. The van der Waals surface area contributed by atoms with Gasteiger partial charge in [-0.2, -0.15) is 0 Å². The number of rotatable bonds is 4. The molecule has 0 radical (unpaired) electrons. The van der Waals surface area contributed by atoms with Crippen LogP contribution in [-0.4, -0.2) is 33.6 Å². The third-order valence-corrected chi connectivity index (χ3v) is 1.19. The van der Waals surface area contributed by atoms with Gasteiger partial charge in [-0.05, 0) is 0 Å². The number of methoxy groups -OCH3 is 3. The van der Waals surface area contributed by atoms with Crippen molar-refractivity contribution in [2.24, 2.45) is 5.73 Å². The van der Waals surface area contributed by atoms with E-state index in [9.17, 15) is 4.79 Å². The average molecular weight is 175 g/mol. The Morgan fingerprint density at radius 3 is 2.17 bits per heavy atom. The average Bonchev–Trinajstić information content (AvgIpc) is 2.06. The molecule has 0 atom stereocenters. The number of carbonyl (C=O) groups is 1. The predicted octanol–water partition coefficient (Wildman–Crippen LogP) is -0.379. The zero-order valence-electron chi connectivity index (χ0n) is 7.37. The summed E-state index contributed by atoms with van der Waals surface area (Å²) in [6.07, 6.45) is 0.404. The molecule has 0 rings (SSSR count). The number of ether oxygens (including phenoxy) is 3. The second-order valence-corrected chi connectivity index (χ2v) is 1.97. The molecule has 0 amide bonds. The molecule has 0 saturated heterocycles. The van der Waals surface area contributed by atoms with Crippen molar-refractivity contribution in [1.29, 1.82) is 0 Å². The minimum absolute atomic E-state index is 0.173. The first-order chi connectivity index (χ1) is 5.65. The Kier molecular flexibility index (Phi) is 5.07. The predicted molar refractivity (Wildman–Crippen MR) is 42.1 cm³/mol. The minimum Gasteiger partial charge on any atom is -0.466 e. The molecular weight excluding hydrogens is 162 g/mol. The van der Waals surface area contributed by atoms with Gasteiger partial charge >= 0.3 is 5.97 Å². The van der Waals surface area contributed by atoms with Crippen LogP contribution in [0, 0.1) is 0 Å². The largest absolute Gasteiger partial charge is 0.466 e. The summed E-state index contributed by atoms with van der Waals surface area (Å²) in [5, 5.41) is 0. The fraction of sp³-hybridized carbons (Fsp3) is 0.571. The molecular formula is C7H13NO4. The van der Waals surface area contributed by atoms with E-state index < -0.39 is 12.3 Å². The summed E-state index contributed by atoms with van der Waals surface area (Å²) in [5.74, 6) is -0.536. The van der Waals surface area contributed by atoms with Crippen LogP contribution in [0.1, 0.15) is 0 Å². The summed E-state index contributed by atoms with van der Waals surface area (Å²) in [6.45, 7) is 0. The van der Waals surface area contributed by atoms with Crippen molar-refractivity contribution in [3.05, 3.63) is 11.8 Å². The summed E-state index contributed by atoms with van der Waals surface area (Å²) >= 11 is 0. The third kappa shape index (κ3) is 3.36. The highest BCUT2D eigenvalue weighted by atomic mass is 16.7. The monoisotopic (exact) mass is 175 g/mol. The van der Waals surface area contributed by atoms with E-state index in [2.05, 4.69) is 4.74 Å². The first-order valence-corrected chi connectivity index (χ1v) is 3.26. The van der Waals surface area contributed by atoms with Crippen LogP contribution in [-0.2, 0) is 19.0 Å². The molecule has 5 nitrogen and oxygen atoms in total. The molecule has 0 aliphatic carbocycles. The lowest BCUT2D eigenvalue weighted by atomic mass is 10.4. The van der Waals surface area contributed by atoms with Gasteiger partial charge in [0.2, 0.25) is 0 Å². The minimum atomic E-state index is -0.705. The topological polar surface area (TPSA) is 70.8 Å². The Balaban J connectivity index is 4.23. The SMILES string of the molecule is COC(=O)/C=C(\N)C(OC)OC. The van der Waals surface area contributed by atoms with E-state index in [4.69, 9.17) is 15.2 Å². The van der Waals surface area contributed by atoms with E-state index >= 15 is 0 Å². The molecule has 0 saturated carbocycles. The van der Waals surface area contributed by atoms with E-state index in [1.54, 1.807) is 0 Å². The van der Waals surface area contributed by atoms with Gasteiger partial charge in [-0.3, -0.25) is 0 Å². The number of hydrogen-bond acceptors (Lipinski definition) is 5. The molecule has 0 aliphatic heterocycles. The van der Waals surface area contributed by atoms with Crippen molar-refractivity contribution in [3.8, 4) is 0 Å². The van der Waals surface area contributed by atoms with Crippen LogP contribution in [0.2, 0.25) is 0 Å². The van der Waals surface area contributed by atoms with Crippen molar-refractivity contribution < 1.29 is 19.0 Å². The zero-order valence-corrected chi connectivity index (χ0v) is 7.37. The van der Waals surface area contributed by atoms with Crippen LogP contribution in [0.15, 0.2) is 11.8 Å². The second-order valence-electron chi connectivity index (χ2n) is 1.97. The van der Waals surface area contributed by atoms with Gasteiger partial charge in [-0.15, -0.1) is 0 Å². The Morgan fingerprint density at radius 2 is 1.83 bits per heavy atom. The Hall–Kier alpha value is -1.07. The molecule has 0 unspecified atom stereocenters. The highest BCUT2D eigenvalue weighted by Crippen LogP contribution is 2.00. The molecule has 0 fully saturated rings. The number of hydrogen-bond donors (Lipinski definition) is 1. The molecule has 70 valence electrons. The zero-order chi connectivity index (χ0) is 9.56. The lowest BCUT2D eigenvalue weighted by Gasteiger charge is -2.12. The van der Waals surface area contributed by atoms with E-state index in [-0.39, 0.29) is 5.70 Å². The van der Waals surface area contributed by atoms with Gasteiger partial charge in [0.15, 0.2) is 6.29 Å². The smallest absolute Gasteiger partial charge is 0.332 e. The number of esters is 1. The van der Waals surface area contributed by atoms with Gasteiger partial charge in [0.05, 0.1) is 12.8 Å². The maximum Gasteiger partial charge on any atom is 0.332 e. The summed E-state index contributed by atoms with van der Waals surface area (Å²) in [7, 11) is 4.11. The molecule has 0 bridgehead atoms. The van der Waals surface area contributed by atoms with E-state index in [0.29, 0.717) is 0 Å². The van der Waals surface area contributed by atoms with Gasteiger partial charge in [0.25, 0.3) is 0 Å². The van der Waals surface area contributed by atoms with Crippen LogP contribution in [0.4, 0.5) is 0 Å². The van der Waals surface area contributed by atoms with Gasteiger partial charge in [0.1, 0.15) is 0 Å². The van der Waals surface area contributed by atoms with Crippen LogP contribution >= 0.6 is 0 Å². The van der Waals surface area contributed by atoms with E-state index in [1.807, 2.05) is 0 Å². The molecule has 12 heavy (non-hydrogen) atoms. The van der Waals surface area contributed by atoms with Crippen molar-refractivity contribution in [2.45, 2.75) is 6.29 Å². The molecule has 0 aromatic heterocycles. The lowest BCUT2D eigenvalue weighted by molar-refractivity contribution is -0.135. The van der Waals surface area contributed by atoms with Gasteiger partial charge in [-0.1, -0.05) is 0 Å². The number of carbonyl (C=O) groups excluding carboxylic acids is 1. The quantitative estimate of drug-likeness (QED) is 0.358. The Bertz CT molecular complexity index is 174. The summed E-state index contributed by atoms with van der Waals surface area (Å²) < 4.78 is 13.9. The summed E-state index contributed by atoms with van der Waals surface area (Å²) in [5.41, 5.74) is 5.60. The van der Waals surface area contributed by atoms with Crippen molar-refractivity contribution in [1.82, 2.24) is 0 Å². The Labute approximate surface area is 71.1 Å². The van der Waals surface area contributed by atoms with Gasteiger partial charge in [0, 0.05) is 20.3 Å². The first-order valence-electron chi connectivity index (χ1n) is 3.26. The molecule has 0 spiro atoms. The van der Waals surface area contributed by atoms with Gasteiger partial charge < -0.3 is 19.9 Å². The summed E-state index contributed by atoms with van der Waals surface area (Å²) in [6, 6.07) is 0. The van der Waals surface area contributed by atoms with E-state index in [0.717, 1.165) is 6.08 Å². The maximum absolute atomic E-state index is 10.7. The first kappa shape index (κ1) is 10.9. The van der Waals surface area contributed by atoms with Crippen LogP contribution in [0.25, 0.3) is 0 Å². The molecule has 0 aromatic carbocycles. The molecule has 5 heteroatoms. The van der Waals surface area contributed by atoms with Gasteiger partial charge in [-0.25, -0.2) is 4.79 Å². The normalized spacial score (nSPS) is 11.8. The van der Waals surface area contributed by atoms with E-state index in [1.165, 1.54) is 21.3 Å². The van der Waals surface area contributed by atoms with Crippen molar-refractivity contribution in [2.75, 3.05) is 21.3 Å². The van der Waals surface area contributed by atoms with Crippen LogP contribution in [0.5, 0.6) is 0 Å². The fourth-order valence-corrected chi connectivity index (χ4v) is 0.631. The fourth-order valence-electron chi connectivity index (χ4n) is 0.631. The Morgan fingerprint density at radius 1 is 1.33 bits per heavy atom. The van der Waals surface area contributed by atoms with Crippen molar-refractivity contribution >= 4 is 5.97 Å².